The van der Waals surface area contributed by atoms with E-state index in [1.165, 1.54) is 0 Å². The van der Waals surface area contributed by atoms with Gasteiger partial charge in [-0.15, -0.1) is 0 Å². The first-order valence-corrected chi connectivity index (χ1v) is 8.32. The Hall–Kier alpha value is -2.98. The van der Waals surface area contributed by atoms with Crippen LogP contribution in [0.4, 0.5) is 5.82 Å². The van der Waals surface area contributed by atoms with E-state index in [-0.39, 0.29) is 0 Å². The number of benzene rings is 2. The van der Waals surface area contributed by atoms with E-state index < -0.39 is 0 Å². The third kappa shape index (κ3) is 2.81. The quantitative estimate of drug-likeness (QED) is 0.462. The Morgan fingerprint density at radius 2 is 1.76 bits per heavy atom. The number of fused-ring (bicyclic) bond motifs is 1. The van der Waals surface area contributed by atoms with Crippen molar-refractivity contribution in [3.05, 3.63) is 72.0 Å². The lowest BCUT2D eigenvalue weighted by molar-refractivity contribution is 1.08. The second-order valence-electron chi connectivity index (χ2n) is 5.53. The fourth-order valence-corrected chi connectivity index (χ4v) is 3.02. The van der Waals surface area contributed by atoms with Crippen LogP contribution in [0.2, 0.25) is 5.02 Å². The molecule has 0 N–H and O–H groups in total. The zero-order valence-electron chi connectivity index (χ0n) is 13.6. The first-order chi connectivity index (χ1) is 12.3. The molecule has 5 heteroatoms. The van der Waals surface area contributed by atoms with Crippen molar-refractivity contribution >= 4 is 34.7 Å². The van der Waals surface area contributed by atoms with Crippen LogP contribution in [-0.2, 0) is 0 Å². The molecule has 0 aliphatic rings. The molecule has 0 atom stereocenters. The summed E-state index contributed by atoms with van der Waals surface area (Å²) in [5.41, 5.74) is 3.93. The molecule has 122 valence electrons. The number of aliphatic imine (C=N–C) groups is 1. The Kier molecular flexibility index (Phi) is 4.04. The summed E-state index contributed by atoms with van der Waals surface area (Å²) >= 11 is 6.05. The number of para-hydroxylation sites is 1. The summed E-state index contributed by atoms with van der Waals surface area (Å²) in [5, 5.41) is 1.62. The van der Waals surface area contributed by atoms with Gasteiger partial charge in [-0.1, -0.05) is 41.9 Å². The molecular weight excluding hydrogens is 332 g/mol. The van der Waals surface area contributed by atoms with Gasteiger partial charge in [-0.05, 0) is 42.8 Å². The van der Waals surface area contributed by atoms with Crippen LogP contribution >= 0.6 is 11.6 Å². The first-order valence-electron chi connectivity index (χ1n) is 7.94. The maximum atomic E-state index is 6.05. The summed E-state index contributed by atoms with van der Waals surface area (Å²) in [7, 11) is 0. The minimum atomic E-state index is 0.664. The Morgan fingerprint density at radius 3 is 2.48 bits per heavy atom. The number of aromatic nitrogens is 3. The number of hydrogen-bond donors (Lipinski definition) is 0. The predicted octanol–water partition coefficient (Wildman–Crippen LogP) is 5.46. The average Bonchev–Trinajstić information content (AvgIpc) is 3.04. The second kappa shape index (κ2) is 6.49. The van der Waals surface area contributed by atoms with Crippen molar-refractivity contribution in [2.75, 3.05) is 0 Å². The number of hydrogen-bond acceptors (Lipinski definition) is 3. The summed E-state index contributed by atoms with van der Waals surface area (Å²) < 4.78 is 2.12. The van der Waals surface area contributed by atoms with Gasteiger partial charge in [-0.2, -0.15) is 0 Å². The molecule has 0 aliphatic heterocycles. The highest BCUT2D eigenvalue weighted by atomic mass is 35.5. The van der Waals surface area contributed by atoms with Crippen molar-refractivity contribution in [3.63, 3.8) is 0 Å². The molecule has 2 heterocycles. The van der Waals surface area contributed by atoms with Gasteiger partial charge in [0.15, 0.2) is 11.5 Å². The van der Waals surface area contributed by atoms with Gasteiger partial charge in [-0.3, -0.25) is 4.57 Å². The molecule has 0 aliphatic carbocycles. The van der Waals surface area contributed by atoms with E-state index in [0.717, 1.165) is 28.0 Å². The Morgan fingerprint density at radius 1 is 1.00 bits per heavy atom. The Balaban J connectivity index is 2.07. The molecule has 0 radical (unpaired) electrons. The van der Waals surface area contributed by atoms with Gasteiger partial charge in [0.1, 0.15) is 6.33 Å². The van der Waals surface area contributed by atoms with E-state index in [2.05, 4.69) is 37.7 Å². The van der Waals surface area contributed by atoms with Crippen LogP contribution in [0.1, 0.15) is 6.92 Å². The number of rotatable bonds is 3. The van der Waals surface area contributed by atoms with Crippen molar-refractivity contribution in [2.45, 2.75) is 6.92 Å². The maximum Gasteiger partial charge on any atom is 0.164 e. The van der Waals surface area contributed by atoms with Gasteiger partial charge < -0.3 is 0 Å². The Labute approximate surface area is 150 Å². The average molecular weight is 347 g/mol. The Bertz CT molecular complexity index is 1050. The number of nitrogens with zero attached hydrogens (tertiary/aromatic N) is 4. The van der Waals surface area contributed by atoms with Crippen molar-refractivity contribution in [1.82, 2.24) is 14.5 Å². The molecule has 0 unspecified atom stereocenters. The van der Waals surface area contributed by atoms with Gasteiger partial charge in [0, 0.05) is 16.9 Å². The normalized spacial score (nSPS) is 11.4. The summed E-state index contributed by atoms with van der Waals surface area (Å²) in [6.45, 7) is 1.88. The molecule has 2 aromatic heterocycles. The van der Waals surface area contributed by atoms with Crippen LogP contribution < -0.4 is 0 Å². The zero-order chi connectivity index (χ0) is 17.2. The van der Waals surface area contributed by atoms with E-state index >= 15 is 0 Å². The molecule has 0 amide bonds. The lowest BCUT2D eigenvalue weighted by Crippen LogP contribution is -1.98. The van der Waals surface area contributed by atoms with Crippen molar-refractivity contribution in [1.29, 1.82) is 0 Å². The van der Waals surface area contributed by atoms with E-state index in [1.54, 1.807) is 12.5 Å². The standard InChI is InChI=1S/C20H15ClN4/c1-2-22-19-17-12-18(14-8-10-15(21)11-9-14)25(20(17)24-13-23-19)16-6-4-3-5-7-16/h2-13H,1H3/b22-2+. The summed E-state index contributed by atoms with van der Waals surface area (Å²) in [6, 6.07) is 20.0. The highest BCUT2D eigenvalue weighted by molar-refractivity contribution is 6.30. The maximum absolute atomic E-state index is 6.05. The fourth-order valence-electron chi connectivity index (χ4n) is 2.90. The zero-order valence-corrected chi connectivity index (χ0v) is 14.4. The van der Waals surface area contributed by atoms with E-state index in [4.69, 9.17) is 11.6 Å². The monoisotopic (exact) mass is 346 g/mol. The van der Waals surface area contributed by atoms with Gasteiger partial charge in [-0.25, -0.2) is 15.0 Å². The van der Waals surface area contributed by atoms with Gasteiger partial charge >= 0.3 is 0 Å². The van der Waals surface area contributed by atoms with Gasteiger partial charge in [0.25, 0.3) is 0 Å². The summed E-state index contributed by atoms with van der Waals surface area (Å²) in [4.78, 5) is 13.2. The molecule has 25 heavy (non-hydrogen) atoms. The lowest BCUT2D eigenvalue weighted by atomic mass is 10.1. The fraction of sp³-hybridized carbons (Fsp3) is 0.0500. The van der Waals surface area contributed by atoms with Gasteiger partial charge in [0.05, 0.1) is 11.1 Å². The van der Waals surface area contributed by atoms with E-state index in [1.807, 2.05) is 49.4 Å². The third-order valence-electron chi connectivity index (χ3n) is 3.98. The molecule has 0 saturated heterocycles. The largest absolute Gasteiger partial charge is 0.294 e. The minimum Gasteiger partial charge on any atom is -0.294 e. The molecule has 4 aromatic rings. The molecule has 2 aromatic carbocycles. The smallest absolute Gasteiger partial charge is 0.164 e. The molecule has 0 fully saturated rings. The van der Waals surface area contributed by atoms with Crippen LogP contribution in [0.25, 0.3) is 28.0 Å². The lowest BCUT2D eigenvalue weighted by Gasteiger charge is -2.10. The van der Waals surface area contributed by atoms with Crippen LogP contribution in [0.5, 0.6) is 0 Å². The van der Waals surface area contributed by atoms with Crippen LogP contribution in [0.3, 0.4) is 0 Å². The van der Waals surface area contributed by atoms with Crippen molar-refractivity contribution in [3.8, 4) is 16.9 Å². The third-order valence-corrected chi connectivity index (χ3v) is 4.23. The SMILES string of the molecule is C/C=N/c1ncnc2c1cc(-c1ccc(Cl)cc1)n2-c1ccccc1. The molecular formula is C20H15ClN4. The van der Waals surface area contributed by atoms with E-state index in [0.29, 0.717) is 10.8 Å². The second-order valence-corrected chi connectivity index (χ2v) is 5.97. The van der Waals surface area contributed by atoms with E-state index in [9.17, 15) is 0 Å². The summed E-state index contributed by atoms with van der Waals surface area (Å²) in [6.07, 6.45) is 3.29. The van der Waals surface area contributed by atoms with Gasteiger partial charge in [0.2, 0.25) is 0 Å². The number of halogens is 1. The molecule has 0 saturated carbocycles. The molecule has 4 rings (SSSR count). The first kappa shape index (κ1) is 15.5. The van der Waals surface area contributed by atoms with Crippen molar-refractivity contribution < 1.29 is 0 Å². The summed E-state index contributed by atoms with van der Waals surface area (Å²) in [5.74, 6) is 0.664. The molecule has 4 nitrogen and oxygen atoms in total. The van der Waals surface area contributed by atoms with Crippen molar-refractivity contribution in [2.24, 2.45) is 4.99 Å². The predicted molar refractivity (Wildman–Crippen MR) is 103 cm³/mol. The highest BCUT2D eigenvalue weighted by Crippen LogP contribution is 2.34. The van der Waals surface area contributed by atoms with Crippen LogP contribution in [0.15, 0.2) is 72.0 Å². The van der Waals surface area contributed by atoms with Crippen LogP contribution in [0, 0.1) is 0 Å². The topological polar surface area (TPSA) is 43.1 Å². The minimum absolute atomic E-state index is 0.664. The van der Waals surface area contributed by atoms with Crippen LogP contribution in [-0.4, -0.2) is 20.7 Å². The molecule has 0 bridgehead atoms. The highest BCUT2D eigenvalue weighted by Gasteiger charge is 2.16. The molecule has 0 spiro atoms.